The highest BCUT2D eigenvalue weighted by Crippen LogP contribution is 2.17. The molecule has 0 aromatic carbocycles. The molecule has 1 saturated heterocycles. The number of nitrogens with one attached hydrogen (secondary N) is 1. The smallest absolute Gasteiger partial charge is 0.337 e. The largest absolute Gasteiger partial charge is 0.403 e. The third kappa shape index (κ3) is 3.87. The van der Waals surface area contributed by atoms with Gasteiger partial charge in [-0.1, -0.05) is 18.5 Å². The molecule has 0 aliphatic carbocycles. The van der Waals surface area contributed by atoms with Crippen LogP contribution in [0, 0.1) is 0 Å². The van der Waals surface area contributed by atoms with E-state index in [-0.39, 0.29) is 17.3 Å². The van der Waals surface area contributed by atoms with Crippen molar-refractivity contribution in [2.45, 2.75) is 39.0 Å². The summed E-state index contributed by atoms with van der Waals surface area (Å²) in [6, 6.07) is 1.30. The van der Waals surface area contributed by atoms with Gasteiger partial charge >= 0.3 is 11.6 Å². The van der Waals surface area contributed by atoms with Crippen molar-refractivity contribution < 1.29 is 9.25 Å². The van der Waals surface area contributed by atoms with Gasteiger partial charge < -0.3 is 9.25 Å². The average Bonchev–Trinajstić information content (AvgIpc) is 2.58. The van der Waals surface area contributed by atoms with Gasteiger partial charge in [0.25, 0.3) is 5.56 Å². The molecule has 8 heteroatoms. The van der Waals surface area contributed by atoms with E-state index in [4.69, 9.17) is 9.25 Å². The van der Waals surface area contributed by atoms with Gasteiger partial charge in [0.1, 0.15) is 5.39 Å². The minimum Gasteiger partial charge on any atom is -0.403 e. The Labute approximate surface area is 142 Å². The van der Waals surface area contributed by atoms with Crippen LogP contribution in [-0.2, 0) is 6.42 Å². The molecule has 1 N–H and O–H groups in total. The van der Waals surface area contributed by atoms with Crippen LogP contribution in [0.2, 0.25) is 0 Å². The number of unbranched alkanes of at least 4 members (excludes halogenated alkanes) is 1. The fraction of sp³-hybridized carbons (Fsp3) is 0.500. The number of aromatic nitrogens is 2. The van der Waals surface area contributed by atoms with Crippen LogP contribution in [0.15, 0.2) is 25.2 Å². The van der Waals surface area contributed by atoms with Crippen LogP contribution in [0.4, 0.5) is 0 Å². The van der Waals surface area contributed by atoms with E-state index in [1.807, 2.05) is 18.7 Å². The first-order valence-corrected chi connectivity index (χ1v) is 9.20. The molecular weight excluding hydrogens is 330 g/mol. The first-order chi connectivity index (χ1) is 11.7. The molecule has 24 heavy (non-hydrogen) atoms. The number of rotatable bonds is 5. The fourth-order valence-electron chi connectivity index (χ4n) is 2.54. The Hall–Kier alpha value is -2.09. The van der Waals surface area contributed by atoms with Gasteiger partial charge in [-0.05, 0) is 42.8 Å². The molecule has 0 saturated carbocycles. The van der Waals surface area contributed by atoms with Crippen molar-refractivity contribution in [1.29, 1.82) is 0 Å². The number of aromatic amines is 1. The van der Waals surface area contributed by atoms with Crippen molar-refractivity contribution >= 4 is 28.6 Å². The van der Waals surface area contributed by atoms with Crippen LogP contribution in [0.25, 0.3) is 11.1 Å². The number of hydrogen-bond acceptors (Lipinski definition) is 7. The van der Waals surface area contributed by atoms with E-state index in [1.54, 1.807) is 0 Å². The maximum Gasteiger partial charge on any atom is 0.337 e. The Balaban J connectivity index is 1.94. The maximum atomic E-state index is 12.4. The monoisotopic (exact) mass is 349 g/mol. The minimum absolute atomic E-state index is 0.00764. The number of fused-ring (bicyclic) bond motifs is 1. The van der Waals surface area contributed by atoms with E-state index in [9.17, 15) is 9.59 Å². The SMILES string of the molecule is CCCCc1cc(=O)oc2nc(ON=C3CCSCC3)[nH]c(=O)c12. The highest BCUT2D eigenvalue weighted by Gasteiger charge is 2.14. The molecule has 0 atom stereocenters. The van der Waals surface area contributed by atoms with Crippen molar-refractivity contribution in [3.05, 3.63) is 32.4 Å². The zero-order valence-electron chi connectivity index (χ0n) is 13.5. The van der Waals surface area contributed by atoms with E-state index in [0.717, 1.165) is 42.9 Å². The van der Waals surface area contributed by atoms with Crippen LogP contribution < -0.4 is 16.0 Å². The highest BCUT2D eigenvalue weighted by molar-refractivity contribution is 7.99. The maximum absolute atomic E-state index is 12.4. The second-order valence-electron chi connectivity index (χ2n) is 5.61. The van der Waals surface area contributed by atoms with E-state index in [2.05, 4.69) is 15.1 Å². The number of hydrogen-bond donors (Lipinski definition) is 1. The minimum atomic E-state index is -0.520. The van der Waals surface area contributed by atoms with Gasteiger partial charge in [0.15, 0.2) is 0 Å². The van der Waals surface area contributed by atoms with Crippen molar-refractivity contribution in [3.63, 3.8) is 0 Å². The Kier molecular flexibility index (Phi) is 5.34. The van der Waals surface area contributed by atoms with Gasteiger partial charge in [-0.3, -0.25) is 9.78 Å². The zero-order chi connectivity index (χ0) is 16.9. The zero-order valence-corrected chi connectivity index (χ0v) is 14.3. The Morgan fingerprint density at radius 1 is 1.38 bits per heavy atom. The standard InChI is InChI=1S/C16H19N3O4S/c1-2-3-4-10-9-12(20)22-15-13(10)14(21)17-16(18-15)23-19-11-5-7-24-8-6-11/h9H,2-8H2,1H3,(H,17,18,21). The summed E-state index contributed by atoms with van der Waals surface area (Å²) in [5.41, 5.74) is 0.679. The van der Waals surface area contributed by atoms with Gasteiger partial charge in [-0.15, -0.1) is 0 Å². The van der Waals surface area contributed by atoms with Crippen molar-refractivity contribution in [3.8, 4) is 6.01 Å². The summed E-state index contributed by atoms with van der Waals surface area (Å²) >= 11 is 1.87. The molecule has 1 aliphatic rings. The Bertz CT molecular complexity index is 864. The molecule has 0 radical (unpaired) electrons. The molecule has 128 valence electrons. The number of thioether (sulfide) groups is 1. The number of H-pyrrole nitrogens is 1. The second-order valence-corrected chi connectivity index (χ2v) is 6.83. The molecule has 3 rings (SSSR count). The van der Waals surface area contributed by atoms with Gasteiger partial charge in [0, 0.05) is 6.07 Å². The van der Waals surface area contributed by atoms with Gasteiger partial charge in [-0.2, -0.15) is 16.7 Å². The topological polar surface area (TPSA) is 97.5 Å². The highest BCUT2D eigenvalue weighted by atomic mass is 32.2. The Morgan fingerprint density at radius 3 is 2.92 bits per heavy atom. The summed E-state index contributed by atoms with van der Waals surface area (Å²) in [5.74, 6) is 2.03. The summed E-state index contributed by atoms with van der Waals surface area (Å²) in [5, 5.41) is 4.35. The molecule has 2 aromatic rings. The number of oxime groups is 1. The van der Waals surface area contributed by atoms with Crippen LogP contribution in [-0.4, -0.2) is 27.2 Å². The summed E-state index contributed by atoms with van der Waals surface area (Å²) in [7, 11) is 0. The normalized spacial score (nSPS) is 14.8. The molecular formula is C16H19N3O4S. The lowest BCUT2D eigenvalue weighted by atomic mass is 10.1. The quantitative estimate of drug-likeness (QED) is 0.833. The first kappa shape index (κ1) is 16.8. The Morgan fingerprint density at radius 2 is 2.17 bits per heavy atom. The molecule has 0 amide bonds. The summed E-state index contributed by atoms with van der Waals surface area (Å²) < 4.78 is 5.08. The third-order valence-electron chi connectivity index (χ3n) is 3.81. The second kappa shape index (κ2) is 7.65. The number of aryl methyl sites for hydroxylation is 1. The van der Waals surface area contributed by atoms with E-state index < -0.39 is 5.63 Å². The van der Waals surface area contributed by atoms with E-state index >= 15 is 0 Å². The van der Waals surface area contributed by atoms with Crippen LogP contribution >= 0.6 is 11.8 Å². The molecule has 0 spiro atoms. The fourth-order valence-corrected chi connectivity index (χ4v) is 3.51. The molecule has 2 aromatic heterocycles. The summed E-state index contributed by atoms with van der Waals surface area (Å²) in [6.45, 7) is 2.05. The van der Waals surface area contributed by atoms with E-state index in [0.29, 0.717) is 17.4 Å². The van der Waals surface area contributed by atoms with Crippen LogP contribution in [0.1, 0.15) is 38.2 Å². The number of nitrogens with zero attached hydrogens (tertiary/aromatic N) is 2. The van der Waals surface area contributed by atoms with Crippen molar-refractivity contribution in [1.82, 2.24) is 9.97 Å². The average molecular weight is 349 g/mol. The van der Waals surface area contributed by atoms with Gasteiger partial charge in [0.05, 0.1) is 5.71 Å². The lowest BCUT2D eigenvalue weighted by Gasteiger charge is -2.11. The van der Waals surface area contributed by atoms with Gasteiger partial charge in [-0.25, -0.2) is 4.79 Å². The molecule has 1 fully saturated rings. The lowest BCUT2D eigenvalue weighted by molar-refractivity contribution is 0.309. The van der Waals surface area contributed by atoms with Gasteiger partial charge in [0.2, 0.25) is 5.71 Å². The van der Waals surface area contributed by atoms with Crippen LogP contribution in [0.3, 0.4) is 0 Å². The molecule has 1 aliphatic heterocycles. The molecule has 7 nitrogen and oxygen atoms in total. The van der Waals surface area contributed by atoms with Crippen molar-refractivity contribution in [2.75, 3.05) is 11.5 Å². The lowest BCUT2D eigenvalue weighted by Crippen LogP contribution is -2.15. The van der Waals surface area contributed by atoms with E-state index in [1.165, 1.54) is 6.07 Å². The first-order valence-electron chi connectivity index (χ1n) is 8.05. The third-order valence-corrected chi connectivity index (χ3v) is 4.79. The van der Waals surface area contributed by atoms with Crippen molar-refractivity contribution in [2.24, 2.45) is 5.16 Å². The predicted octanol–water partition coefficient (Wildman–Crippen LogP) is 2.48. The molecule has 3 heterocycles. The summed E-state index contributed by atoms with van der Waals surface area (Å²) in [4.78, 5) is 36.0. The predicted molar refractivity (Wildman–Crippen MR) is 94.1 cm³/mol. The summed E-state index contributed by atoms with van der Waals surface area (Å²) in [6.07, 6.45) is 4.19. The molecule has 0 bridgehead atoms. The van der Waals surface area contributed by atoms with Crippen LogP contribution in [0.5, 0.6) is 6.01 Å². The molecule has 0 unspecified atom stereocenters.